The molecule has 1 spiro atoms. The third kappa shape index (κ3) is 3.71. The summed E-state index contributed by atoms with van der Waals surface area (Å²) < 4.78 is 24.9. The van der Waals surface area contributed by atoms with E-state index in [2.05, 4.69) is 15.8 Å². The third-order valence-corrected chi connectivity index (χ3v) is 7.76. The first kappa shape index (κ1) is 22.9. The van der Waals surface area contributed by atoms with Crippen LogP contribution in [0, 0.1) is 24.6 Å². The maximum absolute atomic E-state index is 13.9. The van der Waals surface area contributed by atoms with Crippen molar-refractivity contribution in [1.82, 2.24) is 15.4 Å². The van der Waals surface area contributed by atoms with E-state index in [0.717, 1.165) is 25.7 Å². The number of ether oxygens (including phenoxy) is 1. The highest BCUT2D eigenvalue weighted by Crippen LogP contribution is 2.53. The summed E-state index contributed by atoms with van der Waals surface area (Å²) in [7, 11) is 0. The molecule has 188 valence electrons. The molecule has 3 fully saturated rings. The van der Waals surface area contributed by atoms with Crippen molar-refractivity contribution in [3.63, 3.8) is 0 Å². The van der Waals surface area contributed by atoms with Crippen LogP contribution in [0.5, 0.6) is 0 Å². The minimum Gasteiger partial charge on any atom is -0.360 e. The monoisotopic (exact) mass is 494 g/mol. The number of carbonyl (C=O) groups excluding carboxylic acids is 3. The number of aryl methyl sites for hydroxylation is 1. The van der Waals surface area contributed by atoms with Crippen LogP contribution in [0.25, 0.3) is 0 Å². The molecule has 2 saturated heterocycles. The maximum atomic E-state index is 13.9. The van der Waals surface area contributed by atoms with Crippen molar-refractivity contribution in [3.05, 3.63) is 59.6 Å². The van der Waals surface area contributed by atoms with E-state index in [-0.39, 0.29) is 30.2 Å². The molecule has 36 heavy (non-hydrogen) atoms. The molecular weight excluding hydrogens is 467 g/mol. The summed E-state index contributed by atoms with van der Waals surface area (Å²) in [5, 5.41) is 9.61. The van der Waals surface area contributed by atoms with E-state index in [4.69, 9.17) is 9.26 Å². The number of likely N-dealkylation sites (tertiary alicyclic amines) is 1. The van der Waals surface area contributed by atoms with Crippen LogP contribution in [0.2, 0.25) is 0 Å². The van der Waals surface area contributed by atoms with Gasteiger partial charge in [-0.25, -0.2) is 4.39 Å². The summed E-state index contributed by atoms with van der Waals surface area (Å²) in [5.74, 6) is -2.23. The summed E-state index contributed by atoms with van der Waals surface area (Å²) in [4.78, 5) is 42.2. The Morgan fingerprint density at radius 2 is 1.97 bits per heavy atom. The standard InChI is InChI=1S/C26H27FN4O5/c1-14-12-19(30-36-14)29-23(32)20-18-10-11-26(35-18)13-31(25(34)21(20)26)22(15-6-8-16(27)9-7-15)24(33)28-17-4-2-3-5-17/h6-12,17-18,20-22H,2-5,13H2,1H3,(H,28,33)(H,29,30,32)/t18-,20-,21-,22-,26+/m1/s1. The van der Waals surface area contributed by atoms with Gasteiger partial charge in [-0.05, 0) is 37.5 Å². The van der Waals surface area contributed by atoms with E-state index in [9.17, 15) is 18.8 Å². The van der Waals surface area contributed by atoms with Crippen molar-refractivity contribution in [2.24, 2.45) is 11.8 Å². The summed E-state index contributed by atoms with van der Waals surface area (Å²) in [5.41, 5.74) is -0.496. The fourth-order valence-corrected chi connectivity index (χ4v) is 6.15. The van der Waals surface area contributed by atoms with Gasteiger partial charge >= 0.3 is 0 Å². The van der Waals surface area contributed by atoms with E-state index in [1.165, 1.54) is 29.2 Å². The van der Waals surface area contributed by atoms with Crippen LogP contribution in [0.1, 0.15) is 43.0 Å². The number of amides is 3. The molecule has 6 rings (SSSR count). The number of rotatable bonds is 6. The lowest BCUT2D eigenvalue weighted by Crippen LogP contribution is -2.46. The number of fused-ring (bicyclic) bond motifs is 1. The zero-order chi connectivity index (χ0) is 25.0. The number of nitrogens with zero attached hydrogens (tertiary/aromatic N) is 2. The number of benzene rings is 1. The van der Waals surface area contributed by atoms with E-state index in [0.29, 0.717) is 11.3 Å². The van der Waals surface area contributed by atoms with Gasteiger partial charge in [-0.3, -0.25) is 14.4 Å². The van der Waals surface area contributed by atoms with Gasteiger partial charge in [0, 0.05) is 12.1 Å². The molecule has 0 unspecified atom stereocenters. The van der Waals surface area contributed by atoms with Crippen LogP contribution in [-0.4, -0.2) is 52.1 Å². The van der Waals surface area contributed by atoms with Crippen molar-refractivity contribution in [1.29, 1.82) is 0 Å². The average Bonchev–Trinajstić information content (AvgIpc) is 3.66. The summed E-state index contributed by atoms with van der Waals surface area (Å²) >= 11 is 0. The van der Waals surface area contributed by atoms with Gasteiger partial charge in [0.05, 0.1) is 24.5 Å². The molecule has 3 aliphatic heterocycles. The largest absolute Gasteiger partial charge is 0.360 e. The lowest BCUT2D eigenvalue weighted by Gasteiger charge is -2.30. The highest BCUT2D eigenvalue weighted by atomic mass is 19.1. The van der Waals surface area contributed by atoms with Gasteiger partial charge < -0.3 is 24.8 Å². The lowest BCUT2D eigenvalue weighted by molar-refractivity contribution is -0.142. The number of carbonyl (C=O) groups is 3. The van der Waals surface area contributed by atoms with E-state index in [1.807, 2.05) is 6.08 Å². The lowest BCUT2D eigenvalue weighted by atomic mass is 9.77. The molecule has 0 radical (unpaired) electrons. The molecule has 1 aromatic heterocycles. The number of halogens is 1. The Balaban J connectivity index is 1.30. The van der Waals surface area contributed by atoms with Crippen molar-refractivity contribution in [2.45, 2.75) is 56.4 Å². The van der Waals surface area contributed by atoms with Crippen LogP contribution in [0.3, 0.4) is 0 Å². The molecule has 2 N–H and O–H groups in total. The van der Waals surface area contributed by atoms with Crippen LogP contribution < -0.4 is 10.6 Å². The molecule has 2 bridgehead atoms. The quantitative estimate of drug-likeness (QED) is 0.597. The maximum Gasteiger partial charge on any atom is 0.247 e. The van der Waals surface area contributed by atoms with Crippen LogP contribution >= 0.6 is 0 Å². The highest BCUT2D eigenvalue weighted by molar-refractivity contribution is 6.00. The molecule has 3 amide bonds. The SMILES string of the molecule is Cc1cc(NC(=O)[C@@H]2[C@H]3C=C[C@@]4(CN([C@@H](C(=O)NC5CCCC5)c5ccc(F)cc5)C(=O)[C@@H]24)O3)no1. The molecule has 5 atom stereocenters. The molecule has 1 aromatic carbocycles. The molecule has 9 nitrogen and oxygen atoms in total. The van der Waals surface area contributed by atoms with Gasteiger partial charge in [-0.15, -0.1) is 0 Å². The number of anilines is 1. The Labute approximate surface area is 207 Å². The Bertz CT molecular complexity index is 1240. The predicted octanol–water partition coefficient (Wildman–Crippen LogP) is 2.64. The zero-order valence-corrected chi connectivity index (χ0v) is 19.8. The van der Waals surface area contributed by atoms with Crippen molar-refractivity contribution in [3.8, 4) is 0 Å². The third-order valence-electron chi connectivity index (χ3n) is 7.76. The van der Waals surface area contributed by atoms with Gasteiger partial charge in [0.25, 0.3) is 0 Å². The van der Waals surface area contributed by atoms with Crippen molar-refractivity contribution >= 4 is 23.5 Å². The van der Waals surface area contributed by atoms with E-state index < -0.39 is 41.3 Å². The first-order valence-corrected chi connectivity index (χ1v) is 12.3. The Kier molecular flexibility index (Phi) is 5.44. The van der Waals surface area contributed by atoms with Crippen LogP contribution in [0.4, 0.5) is 10.2 Å². The number of aromatic nitrogens is 1. The smallest absolute Gasteiger partial charge is 0.247 e. The molecule has 10 heteroatoms. The first-order valence-electron chi connectivity index (χ1n) is 12.3. The fourth-order valence-electron chi connectivity index (χ4n) is 6.15. The van der Waals surface area contributed by atoms with Crippen LogP contribution in [0.15, 0.2) is 47.0 Å². The zero-order valence-electron chi connectivity index (χ0n) is 19.8. The number of hydrogen-bond donors (Lipinski definition) is 2. The van der Waals surface area contributed by atoms with Gasteiger partial charge in [0.2, 0.25) is 17.7 Å². The second-order valence-corrected chi connectivity index (χ2v) is 10.1. The fraction of sp³-hybridized carbons (Fsp3) is 0.462. The molecule has 4 heterocycles. The Morgan fingerprint density at radius 1 is 1.22 bits per heavy atom. The van der Waals surface area contributed by atoms with Gasteiger partial charge in [-0.2, -0.15) is 0 Å². The summed E-state index contributed by atoms with van der Waals surface area (Å²) in [6, 6.07) is 6.30. The summed E-state index contributed by atoms with van der Waals surface area (Å²) in [6.45, 7) is 1.84. The minimum atomic E-state index is -1.00. The van der Waals surface area contributed by atoms with Crippen molar-refractivity contribution in [2.75, 3.05) is 11.9 Å². The predicted molar refractivity (Wildman–Crippen MR) is 125 cm³/mol. The Hall–Kier alpha value is -3.53. The van der Waals surface area contributed by atoms with Gasteiger partial charge in [0.15, 0.2) is 5.82 Å². The van der Waals surface area contributed by atoms with E-state index >= 15 is 0 Å². The average molecular weight is 495 g/mol. The second kappa shape index (κ2) is 8.55. The molecule has 2 aromatic rings. The Morgan fingerprint density at radius 3 is 2.67 bits per heavy atom. The van der Waals surface area contributed by atoms with Gasteiger partial charge in [0.1, 0.15) is 23.2 Å². The normalized spacial score (nSPS) is 29.6. The summed E-state index contributed by atoms with van der Waals surface area (Å²) in [6.07, 6.45) is 6.95. The van der Waals surface area contributed by atoms with E-state index in [1.54, 1.807) is 19.1 Å². The molecule has 1 saturated carbocycles. The molecule has 4 aliphatic rings. The van der Waals surface area contributed by atoms with Crippen LogP contribution in [-0.2, 0) is 19.1 Å². The van der Waals surface area contributed by atoms with Crippen molar-refractivity contribution < 1.29 is 28.0 Å². The molecule has 1 aliphatic carbocycles. The molecular formula is C26H27FN4O5. The number of nitrogens with one attached hydrogen (secondary N) is 2. The number of hydrogen-bond acceptors (Lipinski definition) is 6. The topological polar surface area (TPSA) is 114 Å². The first-order chi connectivity index (χ1) is 17.3. The van der Waals surface area contributed by atoms with Gasteiger partial charge in [-0.1, -0.05) is 42.3 Å². The minimum absolute atomic E-state index is 0.0484. The highest BCUT2D eigenvalue weighted by Gasteiger charge is 2.68. The second-order valence-electron chi connectivity index (χ2n) is 10.1.